The van der Waals surface area contributed by atoms with E-state index >= 15 is 0 Å². The van der Waals surface area contributed by atoms with Gasteiger partial charge in [0, 0.05) is 43.7 Å². The van der Waals surface area contributed by atoms with E-state index in [0.29, 0.717) is 17.5 Å². The van der Waals surface area contributed by atoms with E-state index < -0.39 is 5.41 Å². The van der Waals surface area contributed by atoms with Crippen LogP contribution >= 0.6 is 0 Å². The number of rotatable bonds is 6. The molecule has 0 amide bonds. The zero-order valence-electron chi connectivity index (χ0n) is 37.5. The third-order valence-electron chi connectivity index (χ3n) is 13.7. The summed E-state index contributed by atoms with van der Waals surface area (Å²) in [6.45, 7) is 9.42. The normalized spacial score (nSPS) is 16.0. The molecule has 10 aromatic rings. The van der Waals surface area contributed by atoms with Crippen molar-refractivity contribution in [1.29, 1.82) is 10.5 Å². The molecule has 6 heteroatoms. The smallest absolute Gasteiger partial charge is 0.159 e. The van der Waals surface area contributed by atoms with Crippen LogP contribution < -0.4 is 9.80 Å². The van der Waals surface area contributed by atoms with Gasteiger partial charge in [0.2, 0.25) is 0 Å². The van der Waals surface area contributed by atoms with E-state index in [0.717, 1.165) is 99.9 Å². The molecule has 0 saturated carbocycles. The van der Waals surface area contributed by atoms with Crippen LogP contribution in [0.5, 0.6) is 0 Å². The van der Waals surface area contributed by atoms with Crippen molar-refractivity contribution in [1.82, 2.24) is 0 Å². The number of furan rings is 2. The van der Waals surface area contributed by atoms with Gasteiger partial charge in [-0.3, -0.25) is 0 Å². The molecular formula is C62H42N4O2. The minimum Gasteiger partial charge on any atom is -0.454 e. The SMILES string of the molecule is C=C1/C=C\C=C/CC2=C(/C=C\1N(c1ccc(C#N)cc1)c1cccc3c1oc1ccccc13)C(C)(C)c1c2cc(N(c2ccc(C#N)cc2)c2cccc3c2oc2ccccc23)c2ccccc12. The van der Waals surface area contributed by atoms with Gasteiger partial charge in [-0.05, 0) is 125 Å². The molecule has 0 N–H and O–H groups in total. The van der Waals surface area contributed by atoms with Crippen LogP contribution in [-0.2, 0) is 5.41 Å². The molecule has 0 spiro atoms. The second-order valence-corrected chi connectivity index (χ2v) is 17.9. The first-order valence-electron chi connectivity index (χ1n) is 22.8. The second-order valence-electron chi connectivity index (χ2n) is 17.9. The summed E-state index contributed by atoms with van der Waals surface area (Å²) in [6.07, 6.45) is 11.5. The maximum Gasteiger partial charge on any atom is 0.159 e. The van der Waals surface area contributed by atoms with Crippen LogP contribution in [0.15, 0.2) is 226 Å². The number of hydrogen-bond donors (Lipinski definition) is 0. The molecule has 2 aliphatic rings. The molecule has 2 aliphatic carbocycles. The van der Waals surface area contributed by atoms with Gasteiger partial charge >= 0.3 is 0 Å². The molecule has 0 atom stereocenters. The summed E-state index contributed by atoms with van der Waals surface area (Å²) in [6, 6.07) is 60.2. The van der Waals surface area contributed by atoms with Crippen LogP contribution in [0.25, 0.3) is 60.2 Å². The Hall–Kier alpha value is -9.10. The van der Waals surface area contributed by atoms with Crippen LogP contribution in [0.2, 0.25) is 0 Å². The molecule has 0 fully saturated rings. The van der Waals surface area contributed by atoms with Gasteiger partial charge in [-0.25, -0.2) is 0 Å². The third kappa shape index (κ3) is 6.31. The highest BCUT2D eigenvalue weighted by Crippen LogP contribution is 2.56. The molecule has 68 heavy (non-hydrogen) atoms. The predicted octanol–water partition coefficient (Wildman–Crippen LogP) is 16.7. The molecule has 0 unspecified atom stereocenters. The summed E-state index contributed by atoms with van der Waals surface area (Å²) in [5.74, 6) is 0. The summed E-state index contributed by atoms with van der Waals surface area (Å²) >= 11 is 0. The van der Waals surface area contributed by atoms with Gasteiger partial charge < -0.3 is 18.6 Å². The lowest BCUT2D eigenvalue weighted by molar-refractivity contribution is 0.658. The summed E-state index contributed by atoms with van der Waals surface area (Å²) in [4.78, 5) is 4.53. The number of anilines is 5. The predicted molar refractivity (Wildman–Crippen MR) is 278 cm³/mol. The number of para-hydroxylation sites is 4. The topological polar surface area (TPSA) is 80.3 Å². The van der Waals surface area contributed by atoms with Crippen LogP contribution in [-0.4, -0.2) is 0 Å². The van der Waals surface area contributed by atoms with Crippen molar-refractivity contribution >= 4 is 88.7 Å². The monoisotopic (exact) mass is 874 g/mol. The second kappa shape index (κ2) is 15.8. The average molecular weight is 875 g/mol. The molecule has 2 heterocycles. The van der Waals surface area contributed by atoms with Crippen molar-refractivity contribution in [2.45, 2.75) is 25.7 Å². The number of nitriles is 2. The molecule has 0 radical (unpaired) electrons. The number of hydrogen-bond acceptors (Lipinski definition) is 6. The molecule has 6 nitrogen and oxygen atoms in total. The molecular weight excluding hydrogens is 833 g/mol. The maximum atomic E-state index is 9.88. The van der Waals surface area contributed by atoms with Crippen LogP contribution in [0.1, 0.15) is 42.5 Å². The Morgan fingerprint density at radius 3 is 1.65 bits per heavy atom. The lowest BCUT2D eigenvalue weighted by atomic mass is 9.78. The van der Waals surface area contributed by atoms with Gasteiger partial charge in [0.25, 0.3) is 0 Å². The van der Waals surface area contributed by atoms with E-state index in [-0.39, 0.29) is 0 Å². The zero-order chi connectivity index (χ0) is 46.1. The molecule has 12 rings (SSSR count). The Balaban J connectivity index is 1.13. The lowest BCUT2D eigenvalue weighted by Crippen LogP contribution is -2.22. The van der Waals surface area contributed by atoms with Gasteiger partial charge in [-0.2, -0.15) is 10.5 Å². The Labute approximate surface area is 393 Å². The Kier molecular flexibility index (Phi) is 9.39. The Morgan fingerprint density at radius 2 is 1.06 bits per heavy atom. The number of allylic oxidation sites excluding steroid dienone is 7. The molecule has 0 bridgehead atoms. The van der Waals surface area contributed by atoms with Crippen molar-refractivity contribution < 1.29 is 8.83 Å². The first kappa shape index (κ1) is 40.4. The largest absolute Gasteiger partial charge is 0.454 e. The van der Waals surface area contributed by atoms with E-state index in [2.05, 4.69) is 145 Å². The molecule has 8 aromatic carbocycles. The Bertz CT molecular complexity index is 3950. The first-order valence-corrected chi connectivity index (χ1v) is 22.8. The fraction of sp³-hybridized carbons (Fsp3) is 0.0645. The first-order chi connectivity index (χ1) is 33.3. The fourth-order valence-corrected chi connectivity index (χ4v) is 10.6. The van der Waals surface area contributed by atoms with Crippen LogP contribution in [0, 0.1) is 22.7 Å². The maximum absolute atomic E-state index is 9.88. The summed E-state index contributed by atoms with van der Waals surface area (Å²) in [5, 5.41) is 26.1. The highest BCUT2D eigenvalue weighted by Gasteiger charge is 2.40. The molecule has 2 aromatic heterocycles. The van der Waals surface area contributed by atoms with Crippen molar-refractivity contribution in [3.05, 3.63) is 240 Å². The highest BCUT2D eigenvalue weighted by atomic mass is 16.3. The summed E-state index contributed by atoms with van der Waals surface area (Å²) in [5.41, 5.74) is 14.8. The van der Waals surface area contributed by atoms with E-state index in [1.54, 1.807) is 0 Å². The fourth-order valence-electron chi connectivity index (χ4n) is 10.6. The number of fused-ring (bicyclic) bond motifs is 10. The van der Waals surface area contributed by atoms with Crippen LogP contribution in [0.4, 0.5) is 28.4 Å². The van der Waals surface area contributed by atoms with Crippen molar-refractivity contribution in [2.24, 2.45) is 0 Å². The molecule has 322 valence electrons. The quantitative estimate of drug-likeness (QED) is 0.166. The lowest BCUT2D eigenvalue weighted by Gasteiger charge is -2.32. The van der Waals surface area contributed by atoms with Gasteiger partial charge in [0.05, 0.1) is 46.0 Å². The van der Waals surface area contributed by atoms with Gasteiger partial charge in [0.1, 0.15) is 11.2 Å². The number of benzene rings is 8. The minimum atomic E-state index is -0.481. The molecule has 0 aliphatic heterocycles. The summed E-state index contributed by atoms with van der Waals surface area (Å²) < 4.78 is 13.5. The van der Waals surface area contributed by atoms with E-state index in [1.807, 2.05) is 84.9 Å². The standard InChI is InChI=1S/C62H42N4O2/c1-39-15-5-4-6-16-44-51-35-56(66(43-33-29-41(38-64)30-34-43)54-24-14-22-50-47-19-10-12-26-58(47)68-61(50)54)45-17-7-8-20-48(45)59(51)62(2,3)52(44)36-55(39)65(42-31-27-40(37-63)28-32-42)53-23-13-21-49-46-18-9-11-25-57(46)67-60(49)53/h4-15,17-36H,1,16H2,2-3H3/b6-4-,15-5-,55-36+. The molecule has 0 saturated heterocycles. The van der Waals surface area contributed by atoms with E-state index in [1.165, 1.54) is 16.7 Å². The van der Waals surface area contributed by atoms with Crippen molar-refractivity contribution in [3.8, 4) is 12.1 Å². The summed E-state index contributed by atoms with van der Waals surface area (Å²) in [7, 11) is 0. The highest BCUT2D eigenvalue weighted by molar-refractivity contribution is 6.13. The van der Waals surface area contributed by atoms with Crippen LogP contribution in [0.3, 0.4) is 0 Å². The number of nitrogens with zero attached hydrogens (tertiary/aromatic N) is 4. The van der Waals surface area contributed by atoms with Crippen molar-refractivity contribution in [3.63, 3.8) is 0 Å². The van der Waals surface area contributed by atoms with E-state index in [9.17, 15) is 10.5 Å². The minimum absolute atomic E-state index is 0.481. The van der Waals surface area contributed by atoms with Gasteiger partial charge in [0.15, 0.2) is 11.2 Å². The van der Waals surface area contributed by atoms with Gasteiger partial charge in [-0.15, -0.1) is 0 Å². The van der Waals surface area contributed by atoms with E-state index in [4.69, 9.17) is 15.4 Å². The average Bonchev–Trinajstić information content (AvgIpc) is 4.02. The van der Waals surface area contributed by atoms with Crippen molar-refractivity contribution in [2.75, 3.05) is 9.80 Å². The van der Waals surface area contributed by atoms with Gasteiger partial charge in [-0.1, -0.05) is 130 Å². The zero-order valence-corrected chi connectivity index (χ0v) is 37.5. The Morgan fingerprint density at radius 1 is 0.544 bits per heavy atom. The third-order valence-corrected chi connectivity index (χ3v) is 13.7.